The third kappa shape index (κ3) is 2.94. The SMILES string of the molecule is CC(C)Sc1nnc(-c2cnn(-c3ccccc3)c2-n2cccc2)n1C. The van der Waals surface area contributed by atoms with Crippen molar-refractivity contribution in [3.8, 4) is 22.9 Å². The second-order valence-electron chi connectivity index (χ2n) is 6.25. The van der Waals surface area contributed by atoms with Crippen LogP contribution in [0.25, 0.3) is 22.9 Å². The average molecular weight is 364 g/mol. The second kappa shape index (κ2) is 6.84. The summed E-state index contributed by atoms with van der Waals surface area (Å²) in [6.45, 7) is 4.30. The molecule has 0 aliphatic heterocycles. The van der Waals surface area contributed by atoms with E-state index >= 15 is 0 Å². The Bertz CT molecular complexity index is 998. The van der Waals surface area contributed by atoms with Crippen LogP contribution in [0.1, 0.15) is 13.8 Å². The Balaban J connectivity index is 1.88. The van der Waals surface area contributed by atoms with Crippen molar-refractivity contribution in [2.45, 2.75) is 24.3 Å². The summed E-state index contributed by atoms with van der Waals surface area (Å²) in [5.74, 6) is 1.75. The molecule has 0 atom stereocenters. The number of nitrogens with zero attached hydrogens (tertiary/aromatic N) is 6. The molecule has 3 aromatic heterocycles. The zero-order valence-corrected chi connectivity index (χ0v) is 15.8. The minimum Gasteiger partial charge on any atom is -0.308 e. The summed E-state index contributed by atoms with van der Waals surface area (Å²) in [5.41, 5.74) is 1.94. The molecular formula is C19H20N6S. The Kier molecular flexibility index (Phi) is 4.38. The van der Waals surface area contributed by atoms with Crippen molar-refractivity contribution in [3.05, 3.63) is 61.1 Å². The van der Waals surface area contributed by atoms with Gasteiger partial charge in [-0.1, -0.05) is 43.8 Å². The minimum absolute atomic E-state index is 0.446. The van der Waals surface area contributed by atoms with Crippen LogP contribution in [-0.4, -0.2) is 34.4 Å². The number of benzene rings is 1. The number of hydrogen-bond donors (Lipinski definition) is 0. The number of hydrogen-bond acceptors (Lipinski definition) is 4. The van der Waals surface area contributed by atoms with Gasteiger partial charge >= 0.3 is 0 Å². The molecule has 0 aliphatic carbocycles. The van der Waals surface area contributed by atoms with Crippen LogP contribution in [-0.2, 0) is 7.05 Å². The van der Waals surface area contributed by atoms with Crippen molar-refractivity contribution in [2.75, 3.05) is 0 Å². The molecule has 132 valence electrons. The lowest BCUT2D eigenvalue weighted by Gasteiger charge is -2.11. The highest BCUT2D eigenvalue weighted by Gasteiger charge is 2.21. The molecule has 0 amide bonds. The maximum absolute atomic E-state index is 4.64. The molecule has 0 unspecified atom stereocenters. The quantitative estimate of drug-likeness (QED) is 0.503. The topological polar surface area (TPSA) is 53.5 Å². The van der Waals surface area contributed by atoms with Gasteiger partial charge in [0.05, 0.1) is 17.4 Å². The van der Waals surface area contributed by atoms with Crippen LogP contribution in [0.2, 0.25) is 0 Å². The van der Waals surface area contributed by atoms with E-state index in [2.05, 4.69) is 33.7 Å². The molecule has 7 heteroatoms. The van der Waals surface area contributed by atoms with Gasteiger partial charge in [0.2, 0.25) is 0 Å². The third-order valence-corrected chi connectivity index (χ3v) is 5.05. The molecule has 0 N–H and O–H groups in total. The predicted octanol–water partition coefficient (Wildman–Crippen LogP) is 3.96. The van der Waals surface area contributed by atoms with E-state index < -0.39 is 0 Å². The highest BCUT2D eigenvalue weighted by Crippen LogP contribution is 2.30. The van der Waals surface area contributed by atoms with E-state index in [-0.39, 0.29) is 0 Å². The molecule has 0 aliphatic rings. The van der Waals surface area contributed by atoms with Crippen molar-refractivity contribution in [2.24, 2.45) is 7.05 Å². The summed E-state index contributed by atoms with van der Waals surface area (Å²) in [4.78, 5) is 0. The summed E-state index contributed by atoms with van der Waals surface area (Å²) < 4.78 is 6.02. The molecule has 0 bridgehead atoms. The molecule has 1 aromatic carbocycles. The first-order valence-electron chi connectivity index (χ1n) is 8.48. The van der Waals surface area contributed by atoms with Crippen LogP contribution in [0.5, 0.6) is 0 Å². The number of aromatic nitrogens is 6. The normalized spacial score (nSPS) is 11.4. The first-order valence-corrected chi connectivity index (χ1v) is 9.36. The summed E-state index contributed by atoms with van der Waals surface area (Å²) in [7, 11) is 2.00. The largest absolute Gasteiger partial charge is 0.308 e. The van der Waals surface area contributed by atoms with E-state index in [1.807, 2.05) is 77.4 Å². The maximum atomic E-state index is 4.64. The molecular weight excluding hydrogens is 344 g/mol. The lowest BCUT2D eigenvalue weighted by molar-refractivity contribution is 0.788. The fraction of sp³-hybridized carbons (Fsp3) is 0.211. The summed E-state index contributed by atoms with van der Waals surface area (Å²) in [5, 5.41) is 14.8. The number of para-hydroxylation sites is 1. The lowest BCUT2D eigenvalue weighted by Crippen LogP contribution is -2.06. The first-order chi connectivity index (χ1) is 12.6. The maximum Gasteiger partial charge on any atom is 0.191 e. The number of rotatable bonds is 5. The van der Waals surface area contributed by atoms with Crippen molar-refractivity contribution in [1.29, 1.82) is 0 Å². The standard InChI is InChI=1S/C19H20N6S/c1-14(2)26-19-22-21-17(23(19)3)16-13-20-25(15-9-5-4-6-10-15)18(16)24-11-7-8-12-24/h4-14H,1-3H3. The molecule has 4 rings (SSSR count). The van der Waals surface area contributed by atoms with Gasteiger partial charge in [0.25, 0.3) is 0 Å². The highest BCUT2D eigenvalue weighted by molar-refractivity contribution is 7.99. The molecule has 0 fully saturated rings. The molecule has 0 radical (unpaired) electrons. The summed E-state index contributed by atoms with van der Waals surface area (Å²) >= 11 is 1.70. The van der Waals surface area contributed by atoms with E-state index in [0.29, 0.717) is 5.25 Å². The van der Waals surface area contributed by atoms with Crippen LogP contribution >= 0.6 is 11.8 Å². The molecule has 4 aromatic rings. The molecule has 6 nitrogen and oxygen atoms in total. The fourth-order valence-corrected chi connectivity index (χ4v) is 3.60. The first kappa shape index (κ1) is 16.7. The van der Waals surface area contributed by atoms with Gasteiger partial charge in [-0.25, -0.2) is 4.68 Å². The minimum atomic E-state index is 0.446. The van der Waals surface area contributed by atoms with Gasteiger partial charge in [0.1, 0.15) is 0 Å². The van der Waals surface area contributed by atoms with Crippen LogP contribution in [0.15, 0.2) is 66.2 Å². The van der Waals surface area contributed by atoms with Crippen LogP contribution < -0.4 is 0 Å². The van der Waals surface area contributed by atoms with E-state index in [1.165, 1.54) is 0 Å². The average Bonchev–Trinajstić information content (AvgIpc) is 3.36. The van der Waals surface area contributed by atoms with Gasteiger partial charge in [-0.2, -0.15) is 5.10 Å². The van der Waals surface area contributed by atoms with Gasteiger partial charge < -0.3 is 9.13 Å². The second-order valence-corrected chi connectivity index (χ2v) is 7.79. The molecule has 26 heavy (non-hydrogen) atoms. The van der Waals surface area contributed by atoms with Crippen molar-refractivity contribution < 1.29 is 0 Å². The Labute approximate surface area is 156 Å². The van der Waals surface area contributed by atoms with E-state index in [9.17, 15) is 0 Å². The smallest absolute Gasteiger partial charge is 0.191 e. The third-order valence-electron chi connectivity index (χ3n) is 4.01. The van der Waals surface area contributed by atoms with Gasteiger partial charge in [-0.15, -0.1) is 10.2 Å². The Morgan fingerprint density at radius 1 is 0.962 bits per heavy atom. The van der Waals surface area contributed by atoms with Crippen LogP contribution in [0.3, 0.4) is 0 Å². The molecule has 3 heterocycles. The number of thioether (sulfide) groups is 1. The lowest BCUT2D eigenvalue weighted by atomic mass is 10.3. The zero-order chi connectivity index (χ0) is 18.1. The van der Waals surface area contributed by atoms with Gasteiger partial charge in [0.15, 0.2) is 16.8 Å². The van der Waals surface area contributed by atoms with Crippen LogP contribution in [0, 0.1) is 0 Å². The molecule has 0 saturated heterocycles. The van der Waals surface area contributed by atoms with Gasteiger partial charge in [0, 0.05) is 24.7 Å². The van der Waals surface area contributed by atoms with Gasteiger partial charge in [-0.3, -0.25) is 0 Å². The highest BCUT2D eigenvalue weighted by atomic mass is 32.2. The van der Waals surface area contributed by atoms with E-state index in [1.54, 1.807) is 11.8 Å². The van der Waals surface area contributed by atoms with Crippen LogP contribution in [0.4, 0.5) is 0 Å². The van der Waals surface area contributed by atoms with Crippen molar-refractivity contribution >= 4 is 11.8 Å². The zero-order valence-electron chi connectivity index (χ0n) is 14.9. The fourth-order valence-electron chi connectivity index (χ4n) is 2.84. The molecule has 0 saturated carbocycles. The Hall–Kier alpha value is -2.80. The summed E-state index contributed by atoms with van der Waals surface area (Å²) in [6.07, 6.45) is 5.89. The molecule has 0 spiro atoms. The van der Waals surface area contributed by atoms with E-state index in [4.69, 9.17) is 0 Å². The van der Waals surface area contributed by atoms with E-state index in [0.717, 1.165) is 28.0 Å². The van der Waals surface area contributed by atoms with Crippen molar-refractivity contribution in [1.82, 2.24) is 29.1 Å². The monoisotopic (exact) mass is 364 g/mol. The van der Waals surface area contributed by atoms with Gasteiger partial charge in [-0.05, 0) is 24.3 Å². The predicted molar refractivity (Wildman–Crippen MR) is 104 cm³/mol. The van der Waals surface area contributed by atoms with Crippen molar-refractivity contribution in [3.63, 3.8) is 0 Å². The summed E-state index contributed by atoms with van der Waals surface area (Å²) in [6, 6.07) is 14.1. The Morgan fingerprint density at radius 3 is 2.38 bits per heavy atom. The Morgan fingerprint density at radius 2 is 1.69 bits per heavy atom.